The Balaban J connectivity index is 1.28. The number of nitrogens with zero attached hydrogens (tertiary/aromatic N) is 7. The van der Waals surface area contributed by atoms with Crippen molar-refractivity contribution in [3.63, 3.8) is 0 Å². The van der Waals surface area contributed by atoms with Gasteiger partial charge in [0.05, 0.1) is 11.6 Å². The van der Waals surface area contributed by atoms with Crippen molar-refractivity contribution in [3.05, 3.63) is 53.3 Å². The fourth-order valence-corrected chi connectivity index (χ4v) is 4.53. The summed E-state index contributed by atoms with van der Waals surface area (Å²) in [6, 6.07) is 13.0. The molecule has 5 rings (SSSR count). The lowest BCUT2D eigenvalue weighted by Gasteiger charge is -2.22. The van der Waals surface area contributed by atoms with Crippen LogP contribution in [0.2, 0.25) is 0 Å². The molecular formula is C20H18F3N7. The number of anilines is 1. The zero-order valence-corrected chi connectivity index (χ0v) is 15.9. The summed E-state index contributed by atoms with van der Waals surface area (Å²) >= 11 is 0. The molecule has 154 valence electrons. The Morgan fingerprint density at radius 3 is 2.50 bits per heavy atom. The van der Waals surface area contributed by atoms with Crippen molar-refractivity contribution < 1.29 is 13.2 Å². The van der Waals surface area contributed by atoms with Gasteiger partial charge in [-0.15, -0.1) is 15.3 Å². The monoisotopic (exact) mass is 413 g/mol. The third-order valence-corrected chi connectivity index (χ3v) is 5.85. The summed E-state index contributed by atoms with van der Waals surface area (Å²) in [5.74, 6) is 0.272. The summed E-state index contributed by atoms with van der Waals surface area (Å²) in [5, 5.41) is 20.0. The van der Waals surface area contributed by atoms with Crippen LogP contribution in [0.3, 0.4) is 0 Å². The SMILES string of the molecule is N#Cc1cccc(CN2CC3CN(c4ccc5nnc(C(F)(F)F)n5n4)CC3C2)c1. The first-order valence-electron chi connectivity index (χ1n) is 9.67. The van der Waals surface area contributed by atoms with Crippen LogP contribution >= 0.6 is 0 Å². The number of rotatable bonds is 3. The second kappa shape index (κ2) is 6.95. The van der Waals surface area contributed by atoms with Crippen LogP contribution in [0.1, 0.15) is 17.0 Å². The summed E-state index contributed by atoms with van der Waals surface area (Å²) in [7, 11) is 0. The highest BCUT2D eigenvalue weighted by Gasteiger charge is 2.41. The standard InChI is InChI=1S/C20H18F3N7/c21-20(22,23)19-26-25-17-4-5-18(27-30(17)19)29-11-15-9-28(10-16(15)12-29)8-14-3-1-2-13(6-14)7-24/h1-6,15-16H,8-12H2. The lowest BCUT2D eigenvalue weighted by atomic mass is 10.0. The smallest absolute Gasteiger partial charge is 0.355 e. The summed E-state index contributed by atoms with van der Waals surface area (Å²) in [6.07, 6.45) is -4.60. The van der Waals surface area contributed by atoms with Gasteiger partial charge in [-0.3, -0.25) is 4.90 Å². The van der Waals surface area contributed by atoms with Crippen LogP contribution in [-0.2, 0) is 12.7 Å². The molecule has 2 unspecified atom stereocenters. The minimum absolute atomic E-state index is 0.0799. The zero-order chi connectivity index (χ0) is 20.9. The van der Waals surface area contributed by atoms with Crippen LogP contribution < -0.4 is 4.90 Å². The van der Waals surface area contributed by atoms with E-state index < -0.39 is 12.0 Å². The second-order valence-corrected chi connectivity index (χ2v) is 7.91. The van der Waals surface area contributed by atoms with Crippen LogP contribution in [0.15, 0.2) is 36.4 Å². The van der Waals surface area contributed by atoms with Gasteiger partial charge in [0.1, 0.15) is 5.82 Å². The van der Waals surface area contributed by atoms with Gasteiger partial charge in [-0.05, 0) is 41.7 Å². The average molecular weight is 413 g/mol. The van der Waals surface area contributed by atoms with Crippen LogP contribution in [0, 0.1) is 23.2 Å². The predicted octanol–water partition coefficient (Wildman–Crippen LogP) is 2.58. The van der Waals surface area contributed by atoms with Crippen molar-refractivity contribution in [2.75, 3.05) is 31.1 Å². The van der Waals surface area contributed by atoms with Crippen molar-refractivity contribution in [1.29, 1.82) is 5.26 Å². The lowest BCUT2D eigenvalue weighted by molar-refractivity contribution is -0.146. The molecule has 3 aromatic rings. The third-order valence-electron chi connectivity index (χ3n) is 5.85. The van der Waals surface area contributed by atoms with E-state index in [0.29, 0.717) is 23.2 Å². The molecule has 0 spiro atoms. The van der Waals surface area contributed by atoms with Crippen molar-refractivity contribution in [2.24, 2.45) is 11.8 Å². The Kier molecular flexibility index (Phi) is 4.36. The van der Waals surface area contributed by atoms with E-state index in [1.807, 2.05) is 23.1 Å². The van der Waals surface area contributed by atoms with Crippen molar-refractivity contribution in [3.8, 4) is 6.07 Å². The molecule has 2 fully saturated rings. The molecule has 0 aliphatic carbocycles. The molecule has 1 aromatic carbocycles. The van der Waals surface area contributed by atoms with Crippen LogP contribution in [-0.4, -0.2) is 50.9 Å². The molecule has 10 heteroatoms. The molecule has 0 bridgehead atoms. The maximum absolute atomic E-state index is 13.1. The fourth-order valence-electron chi connectivity index (χ4n) is 4.53. The van der Waals surface area contributed by atoms with E-state index in [4.69, 9.17) is 5.26 Å². The van der Waals surface area contributed by atoms with Crippen LogP contribution in [0.5, 0.6) is 0 Å². The van der Waals surface area contributed by atoms with E-state index >= 15 is 0 Å². The predicted molar refractivity (Wildman–Crippen MR) is 101 cm³/mol. The Morgan fingerprint density at radius 1 is 1.03 bits per heavy atom. The van der Waals surface area contributed by atoms with E-state index in [-0.39, 0.29) is 5.65 Å². The van der Waals surface area contributed by atoms with Crippen LogP contribution in [0.25, 0.3) is 5.65 Å². The number of nitriles is 1. The lowest BCUT2D eigenvalue weighted by Crippen LogP contribution is -2.29. The molecule has 0 radical (unpaired) electrons. The maximum atomic E-state index is 13.1. The summed E-state index contributed by atoms with van der Waals surface area (Å²) in [6.45, 7) is 4.13. The fraction of sp³-hybridized carbons (Fsp3) is 0.400. The molecule has 0 N–H and O–H groups in total. The minimum atomic E-state index is -4.60. The van der Waals surface area contributed by atoms with E-state index in [1.165, 1.54) is 6.07 Å². The molecule has 7 nitrogen and oxygen atoms in total. The number of hydrogen-bond acceptors (Lipinski definition) is 6. The van der Waals surface area contributed by atoms with Gasteiger partial charge >= 0.3 is 6.18 Å². The first-order valence-corrected chi connectivity index (χ1v) is 9.67. The summed E-state index contributed by atoms with van der Waals surface area (Å²) in [4.78, 5) is 4.42. The molecule has 0 saturated carbocycles. The van der Waals surface area contributed by atoms with E-state index in [1.54, 1.807) is 12.1 Å². The number of benzene rings is 1. The van der Waals surface area contributed by atoms with Crippen molar-refractivity contribution >= 4 is 11.5 Å². The Hall–Kier alpha value is -3.19. The Morgan fingerprint density at radius 2 is 1.80 bits per heavy atom. The largest absolute Gasteiger partial charge is 0.453 e. The molecule has 30 heavy (non-hydrogen) atoms. The van der Waals surface area contributed by atoms with Gasteiger partial charge in [-0.25, -0.2) is 0 Å². The van der Waals surface area contributed by atoms with E-state index in [9.17, 15) is 13.2 Å². The Bertz CT molecular complexity index is 1120. The summed E-state index contributed by atoms with van der Waals surface area (Å²) in [5.41, 5.74) is 1.85. The maximum Gasteiger partial charge on any atom is 0.453 e. The molecule has 0 amide bonds. The van der Waals surface area contributed by atoms with Gasteiger partial charge < -0.3 is 4.90 Å². The van der Waals surface area contributed by atoms with Gasteiger partial charge in [0, 0.05) is 32.7 Å². The van der Waals surface area contributed by atoms with E-state index in [2.05, 4.69) is 26.3 Å². The highest BCUT2D eigenvalue weighted by Crippen LogP contribution is 2.34. The van der Waals surface area contributed by atoms with Crippen molar-refractivity contribution in [1.82, 2.24) is 24.7 Å². The number of fused-ring (bicyclic) bond motifs is 2. The molecule has 2 aliphatic heterocycles. The summed E-state index contributed by atoms with van der Waals surface area (Å²) < 4.78 is 40.1. The Labute approximate surface area is 170 Å². The minimum Gasteiger partial charge on any atom is -0.355 e. The molecular weight excluding hydrogens is 395 g/mol. The molecule has 2 aliphatic rings. The number of hydrogen-bond donors (Lipinski definition) is 0. The quantitative estimate of drug-likeness (QED) is 0.657. The number of likely N-dealkylation sites (tertiary alicyclic amines) is 1. The van der Waals surface area contributed by atoms with Gasteiger partial charge in [-0.2, -0.15) is 22.9 Å². The van der Waals surface area contributed by atoms with Gasteiger partial charge in [0.15, 0.2) is 5.65 Å². The molecule has 2 atom stereocenters. The number of halogens is 3. The number of aromatic nitrogens is 4. The topological polar surface area (TPSA) is 73.4 Å². The first-order chi connectivity index (χ1) is 14.4. The highest BCUT2D eigenvalue weighted by atomic mass is 19.4. The van der Waals surface area contributed by atoms with Crippen molar-refractivity contribution in [2.45, 2.75) is 12.7 Å². The normalized spacial score (nSPS) is 21.9. The molecule has 4 heterocycles. The number of alkyl halides is 3. The second-order valence-electron chi connectivity index (χ2n) is 7.91. The van der Waals surface area contributed by atoms with Gasteiger partial charge in [0.25, 0.3) is 5.82 Å². The van der Waals surface area contributed by atoms with Crippen LogP contribution in [0.4, 0.5) is 19.0 Å². The van der Waals surface area contributed by atoms with Gasteiger partial charge in [-0.1, -0.05) is 12.1 Å². The van der Waals surface area contributed by atoms with Gasteiger partial charge in [0.2, 0.25) is 0 Å². The van der Waals surface area contributed by atoms with E-state index in [0.717, 1.165) is 42.8 Å². The molecule has 2 saturated heterocycles. The average Bonchev–Trinajstić information content (AvgIpc) is 3.39. The first kappa shape index (κ1) is 18.8. The third kappa shape index (κ3) is 3.35. The zero-order valence-electron chi connectivity index (χ0n) is 15.9. The highest BCUT2D eigenvalue weighted by molar-refractivity contribution is 5.47. The molecule has 2 aromatic heterocycles.